The van der Waals surface area contributed by atoms with Gasteiger partial charge in [-0.25, -0.2) is 22.9 Å². The van der Waals surface area contributed by atoms with Crippen molar-refractivity contribution < 1.29 is 29.9 Å². The maximum atomic E-state index is 6.59. The minimum absolute atomic E-state index is 0. The van der Waals surface area contributed by atoms with E-state index in [4.69, 9.17) is 5.84 Å². The number of hydrogen-bond acceptors (Lipinski definition) is 2. The molecule has 0 atom stereocenters. The van der Waals surface area contributed by atoms with E-state index >= 15 is 0 Å². The number of nitrogens with zero attached hydrogens (tertiary/aromatic N) is 2. The summed E-state index contributed by atoms with van der Waals surface area (Å²) in [6.07, 6.45) is 0. The van der Waals surface area contributed by atoms with Crippen LogP contribution in [0.5, 0.6) is 0 Å². The smallest absolute Gasteiger partial charge is 0.0137 e. The molecule has 0 aromatic rings. The van der Waals surface area contributed by atoms with Crippen molar-refractivity contribution in [3.63, 3.8) is 0 Å². The molecule has 0 saturated heterocycles. The fourth-order valence-corrected chi connectivity index (χ4v) is 0.770. The molecular weight excluding hydrogens is 559 g/mol. The van der Waals surface area contributed by atoms with Crippen LogP contribution in [-0.2, 0) is 0 Å². The van der Waals surface area contributed by atoms with Crippen molar-refractivity contribution in [2.45, 2.75) is 0 Å². The molecule has 0 fully saturated rings. The molecule has 4 nitrogen and oxygen atoms in total. The molecule has 8 heavy (non-hydrogen) atoms. The summed E-state index contributed by atoms with van der Waals surface area (Å²) < 4.78 is 4.36. The summed E-state index contributed by atoms with van der Waals surface area (Å²) in [7, 11) is 0. The molecule has 0 aliphatic heterocycles. The standard InChI is InChI=1S/CH3.H2I2N4.Np/c;1-4-5-6(2)3;/h1H3;3,5H;/q-1;-2;. The number of nitrogens with one attached hydrogen (secondary N) is 2. The summed E-state index contributed by atoms with van der Waals surface area (Å²) in [5, 5.41) is 0. The van der Waals surface area contributed by atoms with Crippen molar-refractivity contribution in [3.05, 3.63) is 16.9 Å². The number of hydrazine groups is 1. The van der Waals surface area contributed by atoms with Gasteiger partial charge in [-0.2, -0.15) is 0 Å². The minimum Gasteiger partial charge on any atom is -0.586 e. The Morgan fingerprint density at radius 1 is 1.62 bits per heavy atom. The van der Waals surface area contributed by atoms with Gasteiger partial charge in [0, 0.05) is 52.8 Å². The molecule has 0 rings (SSSR count). The second kappa shape index (κ2) is 12.0. The van der Waals surface area contributed by atoms with Gasteiger partial charge < -0.3 is 25.8 Å². The molecule has 0 saturated carbocycles. The number of hydrogen-bond donors (Lipinski definition) is 1. The molecule has 0 unspecified atom stereocenters. The van der Waals surface area contributed by atoms with Crippen molar-refractivity contribution in [2.75, 3.05) is 0 Å². The first kappa shape index (κ1) is 16.7. The van der Waals surface area contributed by atoms with Gasteiger partial charge in [-0.3, -0.25) is 0 Å². The zero-order valence-corrected chi connectivity index (χ0v) is 12.1. The summed E-state index contributed by atoms with van der Waals surface area (Å²) in [6, 6.07) is 0. The van der Waals surface area contributed by atoms with Crippen LogP contribution in [0.3, 0.4) is 0 Å². The van der Waals surface area contributed by atoms with Gasteiger partial charge in [0.2, 0.25) is 0 Å². The molecule has 51 valence electrons. The second-order valence-corrected chi connectivity index (χ2v) is 1.91. The van der Waals surface area contributed by atoms with Crippen molar-refractivity contribution in [3.8, 4) is 0 Å². The minimum atomic E-state index is 0. The van der Waals surface area contributed by atoms with Crippen LogP contribution in [0.1, 0.15) is 0 Å². The fourth-order valence-electron chi connectivity index (χ4n) is 0.0332. The van der Waals surface area contributed by atoms with E-state index < -0.39 is 0 Å². The molecule has 0 aromatic heterocycles. The second-order valence-electron chi connectivity index (χ2n) is 0.465. The first-order valence-electron chi connectivity index (χ1n) is 1.01. The van der Waals surface area contributed by atoms with Gasteiger partial charge in [0.1, 0.15) is 0 Å². The van der Waals surface area contributed by atoms with Gasteiger partial charge >= 0.3 is 0 Å². The van der Waals surface area contributed by atoms with Gasteiger partial charge in [0.15, 0.2) is 0 Å². The third-order valence-electron chi connectivity index (χ3n) is 0.126. The van der Waals surface area contributed by atoms with E-state index in [2.05, 4.69) is 9.17 Å². The van der Waals surface area contributed by atoms with Crippen molar-refractivity contribution >= 4 is 45.7 Å². The first-order chi connectivity index (χ1) is 2.77. The van der Waals surface area contributed by atoms with Gasteiger partial charge in [0.05, 0.1) is 0 Å². The van der Waals surface area contributed by atoms with Gasteiger partial charge in [-0.15, -0.1) is 0 Å². The quantitative estimate of drug-likeness (QED) is 0.243. The van der Waals surface area contributed by atoms with E-state index in [9.17, 15) is 0 Å². The molecule has 2 N–H and O–H groups in total. The summed E-state index contributed by atoms with van der Waals surface area (Å²) in [4.78, 5) is 0. The predicted molar refractivity (Wildman–Crippen MR) is 47.1 cm³/mol. The number of rotatable bonds is 2. The normalized spacial score (nSPS) is 7.50. The molecule has 0 spiro atoms. The molecule has 0 aromatic carbocycles. The van der Waals surface area contributed by atoms with Gasteiger partial charge in [0.25, 0.3) is 0 Å². The van der Waals surface area contributed by atoms with E-state index in [0.29, 0.717) is 0 Å². The average Bonchev–Trinajstić information content (AvgIpc) is 1.35. The van der Waals surface area contributed by atoms with Crippen LogP contribution >= 0.6 is 45.7 Å². The SMILES string of the molecule is [CH3-].[NH-]N(I)N[N-]I.[Np]. The summed E-state index contributed by atoms with van der Waals surface area (Å²) in [5.74, 6) is 6.59. The van der Waals surface area contributed by atoms with Crippen molar-refractivity contribution in [1.29, 1.82) is 0 Å². The molecule has 0 heterocycles. The largest absolute Gasteiger partial charge is 0.586 e. The zero-order chi connectivity index (χ0) is 4.99. The molecule has 1 radical (unpaired) electrons. The van der Waals surface area contributed by atoms with Crippen LogP contribution in [0.2, 0.25) is 0 Å². The van der Waals surface area contributed by atoms with Crippen LogP contribution in [0.25, 0.3) is 9.48 Å². The molecular formula is CH5I2N4Np-3. The molecule has 0 bridgehead atoms. The Kier molecular flexibility index (Phi) is 25.2. The van der Waals surface area contributed by atoms with Gasteiger partial charge in [-0.1, -0.05) is 0 Å². The Labute approximate surface area is 99.9 Å². The van der Waals surface area contributed by atoms with Crippen LogP contribution < -0.4 is 5.53 Å². The Morgan fingerprint density at radius 3 is 2.00 bits per heavy atom. The molecule has 0 amide bonds. The van der Waals surface area contributed by atoms with E-state index in [0.717, 1.165) is 3.33 Å². The first-order valence-corrected chi connectivity index (χ1v) is 2.94. The Hall–Kier alpha value is 2.31. The zero-order valence-electron chi connectivity index (χ0n) is 4.10. The van der Waals surface area contributed by atoms with E-state index in [1.165, 1.54) is 0 Å². The van der Waals surface area contributed by atoms with E-state index in [-0.39, 0.29) is 37.4 Å². The topological polar surface area (TPSA) is 53.2 Å². The predicted octanol–water partition coefficient (Wildman–Crippen LogP) is 2.20. The summed E-state index contributed by atoms with van der Waals surface area (Å²) in [5.41, 5.74) is 2.31. The van der Waals surface area contributed by atoms with Crippen LogP contribution in [0.15, 0.2) is 0 Å². The van der Waals surface area contributed by atoms with Crippen LogP contribution in [0, 0.1) is 37.4 Å². The monoisotopic (exact) mass is 563 g/mol. The average molecular weight is 564 g/mol. The van der Waals surface area contributed by atoms with E-state index in [1.54, 1.807) is 45.7 Å². The number of halogens is 2. The van der Waals surface area contributed by atoms with Crippen LogP contribution in [-0.4, -0.2) is 3.33 Å². The van der Waals surface area contributed by atoms with Crippen molar-refractivity contribution in [1.82, 2.24) is 8.87 Å². The fraction of sp³-hybridized carbons (Fsp3) is 0. The molecule has 0 aliphatic rings. The van der Waals surface area contributed by atoms with Crippen LogP contribution in [0.4, 0.5) is 0 Å². The maximum absolute atomic E-state index is 6.59. The Balaban J connectivity index is -0.000000125. The Morgan fingerprint density at radius 2 is 2.00 bits per heavy atom. The maximum Gasteiger partial charge on any atom is 0.0137 e. The molecule has 0 aliphatic carbocycles. The summed E-state index contributed by atoms with van der Waals surface area (Å²) in [6.45, 7) is 0. The van der Waals surface area contributed by atoms with Gasteiger partial charge in [-0.05, 0) is 0 Å². The third kappa shape index (κ3) is 15.7. The van der Waals surface area contributed by atoms with Crippen molar-refractivity contribution in [2.24, 2.45) is 0 Å². The molecule has 7 heteroatoms. The van der Waals surface area contributed by atoms with E-state index in [1.807, 2.05) is 0 Å². The summed E-state index contributed by atoms with van der Waals surface area (Å²) >= 11 is 3.48. The third-order valence-corrected chi connectivity index (χ3v) is 0.557. The Bertz CT molecular complexity index is 35.2.